The SMILES string of the molecule is [2H]CC(=NC(C)(C)C)C(C)(C)C. The second-order valence-electron chi connectivity index (χ2n) is 4.98. The maximum Gasteiger partial charge on any atom is 0.0523 e. The molecule has 0 bridgehead atoms. The van der Waals surface area contributed by atoms with Gasteiger partial charge in [-0.2, -0.15) is 0 Å². The molecule has 0 saturated heterocycles. The van der Waals surface area contributed by atoms with Crippen LogP contribution in [-0.4, -0.2) is 11.3 Å². The summed E-state index contributed by atoms with van der Waals surface area (Å²) in [6.07, 6.45) is 0. The van der Waals surface area contributed by atoms with E-state index in [1.165, 1.54) is 0 Å². The van der Waals surface area contributed by atoms with Gasteiger partial charge in [0.1, 0.15) is 0 Å². The number of rotatable bonds is 0. The first-order chi connectivity index (χ1) is 5.17. The van der Waals surface area contributed by atoms with Gasteiger partial charge in [0.15, 0.2) is 0 Å². The van der Waals surface area contributed by atoms with Gasteiger partial charge in [0.25, 0.3) is 0 Å². The van der Waals surface area contributed by atoms with Gasteiger partial charge in [-0.15, -0.1) is 0 Å². The smallest absolute Gasteiger partial charge is 0.0523 e. The zero-order valence-electron chi connectivity index (χ0n) is 9.65. The van der Waals surface area contributed by atoms with Crippen LogP contribution in [0.5, 0.6) is 0 Å². The van der Waals surface area contributed by atoms with Crippen LogP contribution in [0.15, 0.2) is 4.99 Å². The summed E-state index contributed by atoms with van der Waals surface area (Å²) in [5, 5.41) is 0. The molecule has 1 nitrogen and oxygen atoms in total. The third kappa shape index (κ3) is 5.00. The van der Waals surface area contributed by atoms with Gasteiger partial charge in [-0.25, -0.2) is 0 Å². The lowest BCUT2D eigenvalue weighted by Crippen LogP contribution is -2.22. The standard InChI is InChI=1S/C10H21N/c1-8(9(2,3)4)11-10(5,6)7/h1-7H3/i1D. The van der Waals surface area contributed by atoms with Crippen molar-refractivity contribution < 1.29 is 1.37 Å². The molecule has 0 spiro atoms. The van der Waals surface area contributed by atoms with Crippen molar-refractivity contribution in [1.29, 1.82) is 0 Å². The van der Waals surface area contributed by atoms with Crippen LogP contribution in [-0.2, 0) is 0 Å². The molecule has 0 aliphatic rings. The van der Waals surface area contributed by atoms with Gasteiger partial charge in [0, 0.05) is 7.08 Å². The first kappa shape index (κ1) is 8.76. The first-order valence-corrected chi connectivity index (χ1v) is 4.05. The Labute approximate surface area is 72.3 Å². The zero-order chi connectivity index (χ0) is 9.99. The topological polar surface area (TPSA) is 12.4 Å². The fourth-order valence-electron chi connectivity index (χ4n) is 0.573. The highest BCUT2D eigenvalue weighted by Gasteiger charge is 2.17. The summed E-state index contributed by atoms with van der Waals surface area (Å²) in [6.45, 7) is 12.8. The zero-order valence-corrected chi connectivity index (χ0v) is 8.65. The summed E-state index contributed by atoms with van der Waals surface area (Å²) in [5.74, 6) is 0. The molecule has 0 radical (unpaired) electrons. The minimum absolute atomic E-state index is 0.0367. The molecular formula is C10H21N. The van der Waals surface area contributed by atoms with Crippen molar-refractivity contribution in [2.24, 2.45) is 10.4 Å². The third-order valence-electron chi connectivity index (χ3n) is 1.34. The average molecular weight is 156 g/mol. The molecule has 0 atom stereocenters. The fraction of sp³-hybridized carbons (Fsp3) is 0.900. The third-order valence-corrected chi connectivity index (χ3v) is 1.34. The van der Waals surface area contributed by atoms with E-state index in [0.29, 0.717) is 6.90 Å². The van der Waals surface area contributed by atoms with Gasteiger partial charge in [-0.1, -0.05) is 20.8 Å². The van der Waals surface area contributed by atoms with Crippen LogP contribution in [0.25, 0.3) is 0 Å². The highest BCUT2D eigenvalue weighted by molar-refractivity contribution is 5.87. The highest BCUT2D eigenvalue weighted by atomic mass is 14.8. The quantitative estimate of drug-likeness (QED) is 0.477. The van der Waals surface area contributed by atoms with Crippen LogP contribution in [0.4, 0.5) is 0 Å². The molecule has 0 aliphatic heterocycles. The predicted octanol–water partition coefficient (Wildman–Crippen LogP) is 3.29. The molecule has 0 fully saturated rings. The Balaban J connectivity index is 4.68. The van der Waals surface area contributed by atoms with E-state index in [1.807, 2.05) is 0 Å². The summed E-state index contributed by atoms with van der Waals surface area (Å²) in [6, 6.07) is 0. The molecule has 0 heterocycles. The Morgan fingerprint density at radius 2 is 1.55 bits per heavy atom. The normalized spacial score (nSPS) is 16.5. The largest absolute Gasteiger partial charge is 0.288 e. The highest BCUT2D eigenvalue weighted by Crippen LogP contribution is 2.19. The molecule has 0 aliphatic carbocycles. The maximum absolute atomic E-state index is 7.36. The van der Waals surface area contributed by atoms with Crippen molar-refractivity contribution >= 4 is 5.71 Å². The van der Waals surface area contributed by atoms with Crippen LogP contribution >= 0.6 is 0 Å². The van der Waals surface area contributed by atoms with E-state index in [1.54, 1.807) is 0 Å². The molecule has 0 aromatic carbocycles. The minimum atomic E-state index is -0.0519. The van der Waals surface area contributed by atoms with E-state index >= 15 is 0 Å². The van der Waals surface area contributed by atoms with Crippen molar-refractivity contribution in [2.45, 2.75) is 54.0 Å². The monoisotopic (exact) mass is 156 g/mol. The van der Waals surface area contributed by atoms with Crippen molar-refractivity contribution in [3.8, 4) is 0 Å². The summed E-state index contributed by atoms with van der Waals surface area (Å²) in [4.78, 5) is 4.53. The number of aliphatic imine (C=N–C) groups is 1. The molecule has 11 heavy (non-hydrogen) atoms. The van der Waals surface area contributed by atoms with Crippen LogP contribution < -0.4 is 0 Å². The lowest BCUT2D eigenvalue weighted by molar-refractivity contribution is 0.538. The van der Waals surface area contributed by atoms with E-state index in [2.05, 4.69) is 46.5 Å². The molecule has 0 amide bonds. The first-order valence-electron chi connectivity index (χ1n) is 4.76. The molecule has 66 valence electrons. The predicted molar refractivity (Wildman–Crippen MR) is 52.3 cm³/mol. The number of nitrogens with zero attached hydrogens (tertiary/aromatic N) is 1. The van der Waals surface area contributed by atoms with Crippen LogP contribution in [0.3, 0.4) is 0 Å². The van der Waals surface area contributed by atoms with Crippen molar-refractivity contribution in [3.63, 3.8) is 0 Å². The second-order valence-corrected chi connectivity index (χ2v) is 4.98. The molecule has 0 rings (SSSR count). The van der Waals surface area contributed by atoms with Gasteiger partial charge in [-0.05, 0) is 33.1 Å². The molecule has 0 N–H and O–H groups in total. The molecular weight excluding hydrogens is 134 g/mol. The van der Waals surface area contributed by atoms with Gasteiger partial charge < -0.3 is 0 Å². The molecule has 0 saturated carbocycles. The van der Waals surface area contributed by atoms with Gasteiger partial charge in [0.2, 0.25) is 0 Å². The van der Waals surface area contributed by atoms with E-state index in [9.17, 15) is 0 Å². The molecule has 1 heteroatoms. The van der Waals surface area contributed by atoms with Crippen molar-refractivity contribution in [3.05, 3.63) is 0 Å². The van der Waals surface area contributed by atoms with Crippen LogP contribution in [0.1, 0.15) is 49.8 Å². The van der Waals surface area contributed by atoms with E-state index in [-0.39, 0.29) is 11.0 Å². The fourth-order valence-corrected chi connectivity index (χ4v) is 0.573. The Hall–Kier alpha value is -0.330. The summed E-state index contributed by atoms with van der Waals surface area (Å²) in [5.41, 5.74) is 0.966. The van der Waals surface area contributed by atoms with Gasteiger partial charge >= 0.3 is 0 Å². The molecule has 0 aromatic rings. The Bertz CT molecular complexity index is 169. The lowest BCUT2D eigenvalue weighted by atomic mass is 9.90. The van der Waals surface area contributed by atoms with Crippen molar-refractivity contribution in [1.82, 2.24) is 0 Å². The summed E-state index contributed by atoms with van der Waals surface area (Å²) < 4.78 is 7.36. The summed E-state index contributed by atoms with van der Waals surface area (Å²) in [7, 11) is 0. The van der Waals surface area contributed by atoms with Crippen LogP contribution in [0, 0.1) is 5.41 Å². The van der Waals surface area contributed by atoms with E-state index in [0.717, 1.165) is 5.71 Å². The van der Waals surface area contributed by atoms with Gasteiger partial charge in [-0.3, -0.25) is 4.99 Å². The van der Waals surface area contributed by atoms with Gasteiger partial charge in [0.05, 0.1) is 5.54 Å². The number of hydrogen-bond acceptors (Lipinski definition) is 1. The van der Waals surface area contributed by atoms with Crippen LogP contribution in [0.2, 0.25) is 0 Å². The lowest BCUT2D eigenvalue weighted by Gasteiger charge is -2.22. The van der Waals surface area contributed by atoms with E-state index < -0.39 is 0 Å². The van der Waals surface area contributed by atoms with Crippen molar-refractivity contribution in [2.75, 3.05) is 0 Å². The molecule has 0 aromatic heterocycles. The molecule has 0 unspecified atom stereocenters. The minimum Gasteiger partial charge on any atom is -0.288 e. The second kappa shape index (κ2) is 2.96. The van der Waals surface area contributed by atoms with E-state index in [4.69, 9.17) is 1.37 Å². The maximum atomic E-state index is 7.36. The number of hydrogen-bond donors (Lipinski definition) is 0. The summed E-state index contributed by atoms with van der Waals surface area (Å²) >= 11 is 0. The Morgan fingerprint density at radius 3 is 1.64 bits per heavy atom. The Kier molecular flexibility index (Phi) is 2.36. The average Bonchev–Trinajstić information content (AvgIpc) is 1.78. The Morgan fingerprint density at radius 1 is 1.09 bits per heavy atom.